The quantitative estimate of drug-likeness (QED) is 0.591. The Morgan fingerprint density at radius 2 is 1.74 bits per heavy atom. The molecule has 2 fully saturated rings. The summed E-state index contributed by atoms with van der Waals surface area (Å²) >= 11 is 5.96. The summed E-state index contributed by atoms with van der Waals surface area (Å²) in [6.07, 6.45) is 6.12. The first kappa shape index (κ1) is 21.8. The highest BCUT2D eigenvalue weighted by molar-refractivity contribution is 6.64. The molecule has 0 radical (unpaired) electrons. The fourth-order valence-electron chi connectivity index (χ4n) is 5.00. The van der Waals surface area contributed by atoms with E-state index < -0.39 is 28.9 Å². The molecule has 1 saturated heterocycles. The van der Waals surface area contributed by atoms with E-state index in [0.717, 1.165) is 11.3 Å². The third-order valence-electron chi connectivity index (χ3n) is 6.60. The van der Waals surface area contributed by atoms with Crippen LogP contribution in [-0.2, 0) is 4.79 Å². The molecule has 1 N–H and O–H groups in total. The van der Waals surface area contributed by atoms with Gasteiger partial charge >= 0.3 is 0 Å². The van der Waals surface area contributed by atoms with Crippen molar-refractivity contribution in [2.45, 2.75) is 57.5 Å². The topological polar surface area (TPSA) is 49.4 Å². The standard InChI is InChI=1S/C25H28ClFN2O2/c1-16-6-4-10-21(27)22(16)25(31)29-15-5-9-20(24(26)30)23(29)17-11-13-19(14-12-17)28-18-7-2-3-8-18/h4,6,10-14,18,20,23,28H,2-3,5,7-9,15H2,1H3/t20-,23-/m0/s1. The summed E-state index contributed by atoms with van der Waals surface area (Å²) in [5, 5.41) is 3.10. The fourth-order valence-corrected chi connectivity index (χ4v) is 5.23. The van der Waals surface area contributed by atoms with Crippen molar-refractivity contribution in [2.75, 3.05) is 11.9 Å². The third-order valence-corrected chi connectivity index (χ3v) is 6.88. The summed E-state index contributed by atoms with van der Waals surface area (Å²) in [5.41, 5.74) is 2.52. The number of rotatable bonds is 5. The van der Waals surface area contributed by atoms with E-state index in [9.17, 15) is 14.0 Å². The molecule has 2 atom stereocenters. The molecule has 1 aliphatic heterocycles. The molecule has 1 aliphatic carbocycles. The van der Waals surface area contributed by atoms with Gasteiger partial charge in [-0.2, -0.15) is 0 Å². The summed E-state index contributed by atoms with van der Waals surface area (Å²) in [4.78, 5) is 27.3. The lowest BCUT2D eigenvalue weighted by Gasteiger charge is -2.40. The molecule has 0 unspecified atom stereocenters. The van der Waals surface area contributed by atoms with Crippen molar-refractivity contribution in [2.24, 2.45) is 5.92 Å². The molecule has 2 aromatic carbocycles. The minimum atomic E-state index is -0.542. The highest BCUT2D eigenvalue weighted by Crippen LogP contribution is 2.39. The number of likely N-dealkylation sites (tertiary alicyclic amines) is 1. The van der Waals surface area contributed by atoms with Gasteiger partial charge in [-0.25, -0.2) is 4.39 Å². The van der Waals surface area contributed by atoms with Gasteiger partial charge in [0.15, 0.2) is 0 Å². The van der Waals surface area contributed by atoms with Gasteiger partial charge in [0.25, 0.3) is 5.91 Å². The fraction of sp³-hybridized carbons (Fsp3) is 0.440. The molecule has 2 aromatic rings. The molecule has 0 aromatic heterocycles. The molecule has 4 nitrogen and oxygen atoms in total. The lowest BCUT2D eigenvalue weighted by molar-refractivity contribution is -0.118. The molecule has 164 valence electrons. The van der Waals surface area contributed by atoms with E-state index in [4.69, 9.17) is 11.6 Å². The van der Waals surface area contributed by atoms with E-state index in [1.54, 1.807) is 24.0 Å². The van der Waals surface area contributed by atoms with Crippen molar-refractivity contribution in [3.05, 3.63) is 65.0 Å². The Labute approximate surface area is 187 Å². The molecular formula is C25H28ClFN2O2. The van der Waals surface area contributed by atoms with E-state index in [-0.39, 0.29) is 5.56 Å². The Kier molecular flexibility index (Phi) is 6.61. The Hall–Kier alpha value is -2.40. The van der Waals surface area contributed by atoms with Gasteiger partial charge in [0, 0.05) is 18.3 Å². The summed E-state index contributed by atoms with van der Waals surface area (Å²) in [7, 11) is 0. The highest BCUT2D eigenvalue weighted by Gasteiger charge is 2.39. The van der Waals surface area contributed by atoms with Crippen LogP contribution >= 0.6 is 11.6 Å². The molecule has 1 amide bonds. The van der Waals surface area contributed by atoms with Gasteiger partial charge in [0.05, 0.1) is 17.5 Å². The number of nitrogens with one attached hydrogen (secondary N) is 1. The summed E-state index contributed by atoms with van der Waals surface area (Å²) < 4.78 is 14.5. The van der Waals surface area contributed by atoms with Gasteiger partial charge in [-0.3, -0.25) is 9.59 Å². The van der Waals surface area contributed by atoms with Gasteiger partial charge in [-0.15, -0.1) is 0 Å². The second kappa shape index (κ2) is 9.39. The number of hydrogen-bond acceptors (Lipinski definition) is 3. The minimum Gasteiger partial charge on any atom is -0.382 e. The van der Waals surface area contributed by atoms with E-state index >= 15 is 0 Å². The van der Waals surface area contributed by atoms with Crippen molar-refractivity contribution < 1.29 is 14.0 Å². The number of amides is 1. The molecular weight excluding hydrogens is 415 g/mol. The van der Waals surface area contributed by atoms with Crippen LogP contribution in [-0.4, -0.2) is 28.6 Å². The van der Waals surface area contributed by atoms with Gasteiger partial charge in [-0.1, -0.05) is 37.1 Å². The number of hydrogen-bond donors (Lipinski definition) is 1. The smallest absolute Gasteiger partial charge is 0.257 e. The summed E-state index contributed by atoms with van der Waals surface area (Å²) in [6.45, 7) is 2.18. The molecule has 31 heavy (non-hydrogen) atoms. The molecule has 0 spiro atoms. The Balaban J connectivity index is 1.65. The van der Waals surface area contributed by atoms with Gasteiger partial charge < -0.3 is 10.2 Å². The van der Waals surface area contributed by atoms with Crippen molar-refractivity contribution in [1.29, 1.82) is 0 Å². The van der Waals surface area contributed by atoms with Crippen LogP contribution in [0, 0.1) is 18.7 Å². The molecule has 2 aliphatic rings. The number of piperidine rings is 1. The third kappa shape index (κ3) is 4.62. The van der Waals surface area contributed by atoms with Crippen LogP contribution in [0.4, 0.5) is 10.1 Å². The maximum Gasteiger partial charge on any atom is 0.257 e. The zero-order valence-electron chi connectivity index (χ0n) is 17.7. The van der Waals surface area contributed by atoms with Crippen molar-refractivity contribution in [3.8, 4) is 0 Å². The first-order valence-electron chi connectivity index (χ1n) is 11.1. The lowest BCUT2D eigenvalue weighted by Crippen LogP contribution is -2.44. The van der Waals surface area contributed by atoms with E-state index in [1.165, 1.54) is 31.7 Å². The van der Waals surface area contributed by atoms with Crippen LogP contribution in [0.1, 0.15) is 66.1 Å². The molecule has 1 saturated carbocycles. The van der Waals surface area contributed by atoms with Crippen LogP contribution in [0.3, 0.4) is 0 Å². The van der Waals surface area contributed by atoms with Crippen LogP contribution in [0.2, 0.25) is 0 Å². The lowest BCUT2D eigenvalue weighted by atomic mass is 9.84. The molecule has 0 bridgehead atoms. The average Bonchev–Trinajstić information content (AvgIpc) is 3.26. The number of aryl methyl sites for hydroxylation is 1. The van der Waals surface area contributed by atoms with E-state index in [1.807, 2.05) is 24.3 Å². The Morgan fingerprint density at radius 1 is 1.03 bits per heavy atom. The number of carbonyl (C=O) groups excluding carboxylic acids is 2. The first-order chi connectivity index (χ1) is 15.0. The number of anilines is 1. The maximum absolute atomic E-state index is 14.5. The van der Waals surface area contributed by atoms with Crippen LogP contribution in [0.15, 0.2) is 42.5 Å². The van der Waals surface area contributed by atoms with Crippen LogP contribution in [0.5, 0.6) is 0 Å². The number of halogens is 2. The van der Waals surface area contributed by atoms with Crippen molar-refractivity contribution in [1.82, 2.24) is 4.90 Å². The zero-order chi connectivity index (χ0) is 22.0. The Bertz CT molecular complexity index is 936. The Morgan fingerprint density at radius 3 is 2.39 bits per heavy atom. The maximum atomic E-state index is 14.5. The zero-order valence-corrected chi connectivity index (χ0v) is 18.5. The molecule has 4 rings (SSSR count). The second-order valence-corrected chi connectivity index (χ2v) is 9.05. The van der Waals surface area contributed by atoms with Crippen molar-refractivity contribution in [3.63, 3.8) is 0 Å². The van der Waals surface area contributed by atoms with E-state index in [0.29, 0.717) is 31.0 Å². The van der Waals surface area contributed by atoms with Crippen LogP contribution < -0.4 is 5.32 Å². The average molecular weight is 443 g/mol. The monoisotopic (exact) mass is 442 g/mol. The van der Waals surface area contributed by atoms with Gasteiger partial charge in [0.1, 0.15) is 5.82 Å². The highest BCUT2D eigenvalue weighted by atomic mass is 35.5. The second-order valence-electron chi connectivity index (χ2n) is 8.68. The first-order valence-corrected chi connectivity index (χ1v) is 11.5. The molecule has 6 heteroatoms. The number of nitrogens with zero attached hydrogens (tertiary/aromatic N) is 1. The number of carbonyl (C=O) groups is 2. The predicted octanol–water partition coefficient (Wildman–Crippen LogP) is 5.85. The predicted molar refractivity (Wildman–Crippen MR) is 121 cm³/mol. The SMILES string of the molecule is Cc1cccc(F)c1C(=O)N1CCC[C@H](C(=O)Cl)[C@@H]1c1ccc(NC2CCCC2)cc1. The largest absolute Gasteiger partial charge is 0.382 e. The summed E-state index contributed by atoms with van der Waals surface area (Å²) in [5.74, 6) is -1.45. The van der Waals surface area contributed by atoms with E-state index in [2.05, 4.69) is 5.32 Å². The normalized spacial score (nSPS) is 21.8. The van der Waals surface area contributed by atoms with Crippen molar-refractivity contribution >= 4 is 28.4 Å². The molecule has 1 heterocycles. The van der Waals surface area contributed by atoms with Gasteiger partial charge in [0.2, 0.25) is 5.24 Å². The van der Waals surface area contributed by atoms with Crippen LogP contribution in [0.25, 0.3) is 0 Å². The minimum absolute atomic E-state index is 0.0645. The van der Waals surface area contributed by atoms with Gasteiger partial charge in [-0.05, 0) is 73.5 Å². The number of benzene rings is 2. The summed E-state index contributed by atoms with van der Waals surface area (Å²) in [6, 6.07) is 12.5.